The lowest BCUT2D eigenvalue weighted by atomic mass is 10.1. The number of hydrogen-bond acceptors (Lipinski definition) is 3. The Hall–Kier alpha value is -1.67. The number of sulfonamides is 1. The predicted molar refractivity (Wildman–Crippen MR) is 88.2 cm³/mol. The summed E-state index contributed by atoms with van der Waals surface area (Å²) in [6.07, 6.45) is -0.525. The molecule has 0 unspecified atom stereocenters. The van der Waals surface area contributed by atoms with Gasteiger partial charge in [-0.1, -0.05) is 41.4 Å². The van der Waals surface area contributed by atoms with Crippen LogP contribution in [0, 0.1) is 5.82 Å². The van der Waals surface area contributed by atoms with Gasteiger partial charge in [-0.3, -0.25) is 4.79 Å². The summed E-state index contributed by atoms with van der Waals surface area (Å²) in [6, 6.07) is 7.85. The van der Waals surface area contributed by atoms with Crippen molar-refractivity contribution in [3.05, 3.63) is 63.9 Å². The van der Waals surface area contributed by atoms with Crippen LogP contribution in [-0.4, -0.2) is 19.5 Å². The maximum Gasteiger partial charge on any atom is 0.305 e. The second kappa shape index (κ2) is 7.48. The molecular weight excluding hydrogens is 380 g/mol. The molecule has 0 amide bonds. The number of benzene rings is 2. The van der Waals surface area contributed by atoms with E-state index in [-0.39, 0.29) is 14.9 Å². The van der Waals surface area contributed by atoms with Crippen LogP contribution >= 0.6 is 23.2 Å². The van der Waals surface area contributed by atoms with Gasteiger partial charge in [-0.2, -0.15) is 0 Å². The lowest BCUT2D eigenvalue weighted by Crippen LogP contribution is -2.30. The highest BCUT2D eigenvalue weighted by molar-refractivity contribution is 7.89. The average Bonchev–Trinajstić information content (AvgIpc) is 2.49. The Morgan fingerprint density at radius 3 is 2.38 bits per heavy atom. The van der Waals surface area contributed by atoms with E-state index in [1.165, 1.54) is 30.3 Å². The van der Waals surface area contributed by atoms with Gasteiger partial charge in [0.15, 0.2) is 0 Å². The van der Waals surface area contributed by atoms with Crippen molar-refractivity contribution in [2.45, 2.75) is 17.4 Å². The van der Waals surface area contributed by atoms with Crippen molar-refractivity contribution >= 4 is 39.2 Å². The minimum Gasteiger partial charge on any atom is -0.481 e. The number of nitrogens with one attached hydrogen (secondary N) is 1. The maximum atomic E-state index is 13.0. The van der Waals surface area contributed by atoms with Crippen LogP contribution in [0.1, 0.15) is 18.0 Å². The summed E-state index contributed by atoms with van der Waals surface area (Å²) in [5.41, 5.74) is 0.306. The van der Waals surface area contributed by atoms with Crippen LogP contribution in [0.15, 0.2) is 47.4 Å². The Bertz CT molecular complexity index is 856. The normalized spacial score (nSPS) is 12.8. The fourth-order valence-electron chi connectivity index (χ4n) is 2.04. The van der Waals surface area contributed by atoms with E-state index in [1.54, 1.807) is 0 Å². The van der Waals surface area contributed by atoms with Crippen molar-refractivity contribution < 1.29 is 22.7 Å². The first-order valence-corrected chi connectivity index (χ1v) is 8.88. The fourth-order valence-corrected chi connectivity index (χ4v) is 4.03. The van der Waals surface area contributed by atoms with Crippen molar-refractivity contribution in [2.24, 2.45) is 0 Å². The fraction of sp³-hybridized carbons (Fsp3) is 0.133. The smallest absolute Gasteiger partial charge is 0.305 e. The predicted octanol–water partition coefficient (Wildman–Crippen LogP) is 3.63. The van der Waals surface area contributed by atoms with E-state index < -0.39 is 34.3 Å². The first-order valence-electron chi connectivity index (χ1n) is 6.64. The molecule has 1 atom stereocenters. The molecule has 0 aliphatic heterocycles. The van der Waals surface area contributed by atoms with E-state index in [4.69, 9.17) is 28.3 Å². The van der Waals surface area contributed by atoms with Gasteiger partial charge in [0.25, 0.3) is 0 Å². The Morgan fingerprint density at radius 1 is 1.17 bits per heavy atom. The van der Waals surface area contributed by atoms with Crippen LogP contribution in [-0.2, 0) is 14.8 Å². The van der Waals surface area contributed by atoms with E-state index in [1.807, 2.05) is 0 Å². The van der Waals surface area contributed by atoms with Gasteiger partial charge in [-0.25, -0.2) is 17.5 Å². The molecule has 0 radical (unpaired) electrons. The van der Waals surface area contributed by atoms with Gasteiger partial charge in [0.1, 0.15) is 10.7 Å². The molecule has 5 nitrogen and oxygen atoms in total. The van der Waals surface area contributed by atoms with Crippen molar-refractivity contribution in [3.8, 4) is 0 Å². The molecular formula is C15H12Cl2FNO4S. The standard InChI is InChI=1S/C15H12Cl2FNO4S/c16-11-2-1-3-13(15(11)17)24(22,23)19-12(8-14(20)21)9-4-6-10(18)7-5-9/h1-7,12,19H,8H2,(H,20,21)/t12-/m1/s1. The van der Waals surface area contributed by atoms with Crippen LogP contribution in [0.4, 0.5) is 4.39 Å². The first kappa shape index (κ1) is 18.7. The molecule has 2 aromatic carbocycles. The molecule has 24 heavy (non-hydrogen) atoms. The zero-order valence-electron chi connectivity index (χ0n) is 12.0. The molecule has 0 aromatic heterocycles. The van der Waals surface area contributed by atoms with Crippen molar-refractivity contribution in [1.29, 1.82) is 0 Å². The Balaban J connectivity index is 2.39. The van der Waals surface area contributed by atoms with Gasteiger partial charge >= 0.3 is 5.97 Å². The first-order chi connectivity index (χ1) is 11.2. The Labute approximate surface area is 148 Å². The van der Waals surface area contributed by atoms with E-state index in [0.717, 1.165) is 12.1 Å². The summed E-state index contributed by atoms with van der Waals surface area (Å²) < 4.78 is 40.3. The van der Waals surface area contributed by atoms with Crippen LogP contribution in [0.25, 0.3) is 0 Å². The van der Waals surface area contributed by atoms with Crippen molar-refractivity contribution in [2.75, 3.05) is 0 Å². The molecule has 0 spiro atoms. The number of hydrogen-bond donors (Lipinski definition) is 2. The minimum absolute atomic E-state index is 0.0520. The number of carboxylic acids is 1. The van der Waals surface area contributed by atoms with Crippen LogP contribution in [0.5, 0.6) is 0 Å². The maximum absolute atomic E-state index is 13.0. The third kappa shape index (κ3) is 4.45. The van der Waals surface area contributed by atoms with E-state index in [2.05, 4.69) is 4.72 Å². The molecule has 9 heteroatoms. The molecule has 2 N–H and O–H groups in total. The number of aliphatic carboxylic acids is 1. The quantitative estimate of drug-likeness (QED) is 0.787. The molecule has 0 heterocycles. The molecule has 0 fully saturated rings. The third-order valence-corrected chi connectivity index (χ3v) is 5.60. The Morgan fingerprint density at radius 2 is 1.79 bits per heavy atom. The van der Waals surface area contributed by atoms with Crippen LogP contribution < -0.4 is 4.72 Å². The van der Waals surface area contributed by atoms with E-state index >= 15 is 0 Å². The van der Waals surface area contributed by atoms with E-state index in [9.17, 15) is 17.6 Å². The van der Waals surface area contributed by atoms with Gasteiger partial charge in [0, 0.05) is 0 Å². The van der Waals surface area contributed by atoms with Crippen LogP contribution in [0.2, 0.25) is 10.0 Å². The summed E-state index contributed by atoms with van der Waals surface area (Å²) in [5.74, 6) is -1.74. The lowest BCUT2D eigenvalue weighted by Gasteiger charge is -2.18. The molecule has 0 bridgehead atoms. The summed E-state index contributed by atoms with van der Waals surface area (Å²) in [6.45, 7) is 0. The summed E-state index contributed by atoms with van der Waals surface area (Å²) >= 11 is 11.7. The van der Waals surface area contributed by atoms with Gasteiger partial charge in [0.2, 0.25) is 10.0 Å². The summed E-state index contributed by atoms with van der Waals surface area (Å²) in [5, 5.41) is 8.89. The minimum atomic E-state index is -4.14. The largest absolute Gasteiger partial charge is 0.481 e. The topological polar surface area (TPSA) is 83.5 Å². The van der Waals surface area contributed by atoms with Gasteiger partial charge in [-0.15, -0.1) is 0 Å². The van der Waals surface area contributed by atoms with Gasteiger partial charge < -0.3 is 5.11 Å². The highest BCUT2D eigenvalue weighted by Crippen LogP contribution is 2.30. The highest BCUT2D eigenvalue weighted by Gasteiger charge is 2.26. The van der Waals surface area contributed by atoms with Crippen molar-refractivity contribution in [3.63, 3.8) is 0 Å². The second-order valence-electron chi connectivity index (χ2n) is 4.88. The van der Waals surface area contributed by atoms with E-state index in [0.29, 0.717) is 5.56 Å². The number of carboxylic acid groups (broad SMARTS) is 1. The van der Waals surface area contributed by atoms with Gasteiger partial charge in [-0.05, 0) is 29.8 Å². The molecule has 0 aliphatic carbocycles. The molecule has 0 aliphatic rings. The number of rotatable bonds is 6. The molecule has 2 aromatic rings. The zero-order chi connectivity index (χ0) is 17.9. The summed E-state index contributed by atoms with van der Waals surface area (Å²) in [4.78, 5) is 10.8. The number of carbonyl (C=O) groups is 1. The zero-order valence-corrected chi connectivity index (χ0v) is 14.4. The monoisotopic (exact) mass is 391 g/mol. The highest BCUT2D eigenvalue weighted by atomic mass is 35.5. The summed E-state index contributed by atoms with van der Waals surface area (Å²) in [7, 11) is -4.14. The lowest BCUT2D eigenvalue weighted by molar-refractivity contribution is -0.137. The molecule has 0 saturated carbocycles. The second-order valence-corrected chi connectivity index (χ2v) is 7.34. The van der Waals surface area contributed by atoms with Crippen molar-refractivity contribution in [1.82, 2.24) is 4.72 Å². The van der Waals surface area contributed by atoms with Crippen LogP contribution in [0.3, 0.4) is 0 Å². The SMILES string of the molecule is O=C(O)C[C@@H](NS(=O)(=O)c1cccc(Cl)c1Cl)c1ccc(F)cc1. The third-order valence-electron chi connectivity index (χ3n) is 3.15. The Kier molecular flexibility index (Phi) is 5.82. The molecule has 128 valence electrons. The molecule has 2 rings (SSSR count). The van der Waals surface area contributed by atoms with Gasteiger partial charge in [0.05, 0.1) is 22.5 Å². The molecule has 0 saturated heterocycles. The number of halogens is 3. The average molecular weight is 392 g/mol.